The Morgan fingerprint density at radius 2 is 1.93 bits per heavy atom. The van der Waals surface area contributed by atoms with Crippen LogP contribution in [0.1, 0.15) is 21.5 Å². The molecule has 0 atom stereocenters. The summed E-state index contributed by atoms with van der Waals surface area (Å²) < 4.78 is 4.73. The summed E-state index contributed by atoms with van der Waals surface area (Å²) in [4.78, 5) is 22.6. The van der Waals surface area contributed by atoms with Crippen molar-refractivity contribution >= 4 is 5.97 Å². The van der Waals surface area contributed by atoms with Crippen molar-refractivity contribution in [3.63, 3.8) is 0 Å². The summed E-state index contributed by atoms with van der Waals surface area (Å²) in [6.07, 6.45) is 0. The van der Waals surface area contributed by atoms with Gasteiger partial charge in [0.05, 0.1) is 5.56 Å². The van der Waals surface area contributed by atoms with E-state index in [0.29, 0.717) is 5.56 Å². The highest BCUT2D eigenvalue weighted by Gasteiger charge is 2.26. The third-order valence-corrected chi connectivity index (χ3v) is 2.38. The van der Waals surface area contributed by atoms with Crippen LogP contribution in [0.25, 0.3) is 0 Å². The molecule has 1 aliphatic heterocycles. The van der Waals surface area contributed by atoms with E-state index in [1.165, 1.54) is 6.92 Å². The first-order valence-corrected chi connectivity index (χ1v) is 4.28. The number of rotatable bonds is 0. The third kappa shape index (κ3) is 1.24. The number of ether oxygens (including phenoxy) is 1. The number of esters is 1. The lowest BCUT2D eigenvalue weighted by molar-refractivity contribution is 0.0534. The second kappa shape index (κ2) is 2.98. The molecule has 1 aromatic rings. The molecule has 2 N–H and O–H groups in total. The van der Waals surface area contributed by atoms with Crippen molar-refractivity contribution in [1.29, 1.82) is 0 Å². The molecule has 0 fully saturated rings. The first kappa shape index (κ1) is 9.51. The average Bonchev–Trinajstić information content (AvgIpc) is 2.53. The van der Waals surface area contributed by atoms with Gasteiger partial charge in [-0.25, -0.2) is 4.79 Å². The van der Waals surface area contributed by atoms with Gasteiger partial charge in [0.15, 0.2) is 5.75 Å². The fraction of sp³-hybridized carbons (Fsp3) is 0.200. The summed E-state index contributed by atoms with van der Waals surface area (Å²) in [5, 5.41) is 18.8. The van der Waals surface area contributed by atoms with Crippen molar-refractivity contribution in [3.05, 3.63) is 33.0 Å². The summed E-state index contributed by atoms with van der Waals surface area (Å²) in [5.74, 6) is -1.90. The van der Waals surface area contributed by atoms with Crippen molar-refractivity contribution < 1.29 is 19.7 Å². The van der Waals surface area contributed by atoms with Crippen LogP contribution in [-0.4, -0.2) is 16.2 Å². The Balaban J connectivity index is 2.94. The average molecular weight is 208 g/mol. The van der Waals surface area contributed by atoms with Gasteiger partial charge in [-0.2, -0.15) is 0 Å². The molecule has 0 amide bonds. The van der Waals surface area contributed by atoms with Crippen LogP contribution in [0.2, 0.25) is 0 Å². The van der Waals surface area contributed by atoms with Crippen LogP contribution in [0.5, 0.6) is 11.5 Å². The molecule has 1 aromatic carbocycles. The molecule has 0 saturated carbocycles. The Kier molecular flexibility index (Phi) is 1.89. The van der Waals surface area contributed by atoms with Crippen LogP contribution in [0.3, 0.4) is 0 Å². The summed E-state index contributed by atoms with van der Waals surface area (Å²) in [7, 11) is 0. The van der Waals surface area contributed by atoms with E-state index in [1.807, 2.05) is 0 Å². The van der Waals surface area contributed by atoms with Crippen LogP contribution < -0.4 is 5.43 Å². The van der Waals surface area contributed by atoms with Crippen LogP contribution in [-0.2, 0) is 11.3 Å². The minimum atomic E-state index is -0.741. The van der Waals surface area contributed by atoms with E-state index in [0.717, 1.165) is 6.07 Å². The molecule has 5 nitrogen and oxygen atoms in total. The van der Waals surface area contributed by atoms with Gasteiger partial charge >= 0.3 is 5.97 Å². The molecule has 1 aliphatic rings. The minimum absolute atomic E-state index is 0.00218. The fourth-order valence-electron chi connectivity index (χ4n) is 1.57. The highest BCUT2D eigenvalue weighted by Crippen LogP contribution is 2.31. The number of hydrogen-bond acceptors (Lipinski definition) is 5. The highest BCUT2D eigenvalue weighted by atomic mass is 16.5. The molecule has 0 saturated heterocycles. The fourth-order valence-corrected chi connectivity index (χ4v) is 1.57. The van der Waals surface area contributed by atoms with E-state index >= 15 is 0 Å². The lowest BCUT2D eigenvalue weighted by atomic mass is 10.1. The molecule has 0 radical (unpaired) electrons. The van der Waals surface area contributed by atoms with Gasteiger partial charge < -0.3 is 14.9 Å². The maximum atomic E-state index is 11.3. The molecule has 15 heavy (non-hydrogen) atoms. The van der Waals surface area contributed by atoms with Crippen molar-refractivity contribution in [2.45, 2.75) is 13.5 Å². The molecule has 0 aromatic heterocycles. The molecule has 1 heterocycles. The molecule has 0 spiro atoms. The van der Waals surface area contributed by atoms with Gasteiger partial charge in [-0.15, -0.1) is 0 Å². The molecule has 2 rings (SSSR count). The first-order chi connectivity index (χ1) is 7.02. The number of aromatic hydroxyl groups is 2. The second-order valence-corrected chi connectivity index (χ2v) is 3.31. The Morgan fingerprint density at radius 1 is 1.27 bits per heavy atom. The quantitative estimate of drug-likeness (QED) is 0.604. The molecule has 0 aliphatic carbocycles. The van der Waals surface area contributed by atoms with Crippen LogP contribution in [0.4, 0.5) is 0 Å². The molecule has 0 bridgehead atoms. The molecule has 0 unspecified atom stereocenters. The summed E-state index contributed by atoms with van der Waals surface area (Å²) in [6, 6.07) is 1.10. The summed E-state index contributed by atoms with van der Waals surface area (Å²) >= 11 is 0. The Hall–Kier alpha value is -2.04. The zero-order valence-electron chi connectivity index (χ0n) is 7.90. The van der Waals surface area contributed by atoms with Gasteiger partial charge in [-0.3, -0.25) is 4.79 Å². The third-order valence-electron chi connectivity index (χ3n) is 2.38. The highest BCUT2D eigenvalue weighted by molar-refractivity contribution is 5.95. The Morgan fingerprint density at radius 3 is 2.60 bits per heavy atom. The Bertz CT molecular complexity index is 518. The molecular weight excluding hydrogens is 200 g/mol. The number of hydrogen-bond donors (Lipinski definition) is 2. The van der Waals surface area contributed by atoms with Crippen molar-refractivity contribution in [1.82, 2.24) is 0 Å². The maximum absolute atomic E-state index is 11.3. The zero-order chi connectivity index (χ0) is 11.2. The summed E-state index contributed by atoms with van der Waals surface area (Å²) in [5.41, 5.74) is -0.0229. The maximum Gasteiger partial charge on any atom is 0.339 e. The van der Waals surface area contributed by atoms with Crippen LogP contribution in [0.15, 0.2) is 10.9 Å². The standard InChI is InChI=1S/C10H8O5/c1-4-7-5(3-15-10(7)14)2-6(11)9(13)8(4)12/h2H,3H2,1H3,(H2,11,12,13). The largest absolute Gasteiger partial charge is 0.504 e. The molecule has 5 heteroatoms. The molecular formula is C10H8O5. The van der Waals surface area contributed by atoms with E-state index in [4.69, 9.17) is 4.74 Å². The monoisotopic (exact) mass is 208 g/mol. The zero-order valence-corrected chi connectivity index (χ0v) is 7.90. The van der Waals surface area contributed by atoms with Gasteiger partial charge in [0, 0.05) is 11.1 Å². The van der Waals surface area contributed by atoms with E-state index in [9.17, 15) is 19.8 Å². The first-order valence-electron chi connectivity index (χ1n) is 4.28. The van der Waals surface area contributed by atoms with E-state index in [1.54, 1.807) is 0 Å². The van der Waals surface area contributed by atoms with Crippen molar-refractivity contribution in [2.75, 3.05) is 0 Å². The SMILES string of the molecule is Cc1c(O)c(O)c(=O)cc2c1C(=O)OC2. The van der Waals surface area contributed by atoms with Gasteiger partial charge in [0.1, 0.15) is 6.61 Å². The van der Waals surface area contributed by atoms with Gasteiger partial charge in [0.25, 0.3) is 0 Å². The lowest BCUT2D eigenvalue weighted by Gasteiger charge is -1.97. The predicted molar refractivity (Wildman–Crippen MR) is 49.9 cm³/mol. The van der Waals surface area contributed by atoms with Crippen molar-refractivity contribution in [3.8, 4) is 11.5 Å². The smallest absolute Gasteiger partial charge is 0.339 e. The Labute approximate surface area is 84.6 Å². The summed E-state index contributed by atoms with van der Waals surface area (Å²) in [6.45, 7) is 1.44. The second-order valence-electron chi connectivity index (χ2n) is 3.31. The van der Waals surface area contributed by atoms with E-state index in [-0.39, 0.29) is 17.7 Å². The molecule has 78 valence electrons. The minimum Gasteiger partial charge on any atom is -0.504 e. The van der Waals surface area contributed by atoms with Gasteiger partial charge in [0.2, 0.25) is 11.2 Å². The number of carbonyl (C=O) groups excluding carboxylic acids is 1. The van der Waals surface area contributed by atoms with Crippen LogP contribution in [0, 0.1) is 6.92 Å². The van der Waals surface area contributed by atoms with Gasteiger partial charge in [-0.1, -0.05) is 0 Å². The van der Waals surface area contributed by atoms with Gasteiger partial charge in [-0.05, 0) is 13.0 Å². The predicted octanol–water partition coefficient (Wildman–Crippen LogP) is 0.437. The lowest BCUT2D eigenvalue weighted by Crippen LogP contribution is -1.96. The number of fused-ring (bicyclic) bond motifs is 1. The normalized spacial score (nSPS) is 13.5. The number of carbonyl (C=O) groups is 1. The van der Waals surface area contributed by atoms with E-state index in [2.05, 4.69) is 0 Å². The van der Waals surface area contributed by atoms with Crippen molar-refractivity contribution in [2.24, 2.45) is 0 Å². The van der Waals surface area contributed by atoms with Crippen LogP contribution >= 0.6 is 0 Å². The number of cyclic esters (lactones) is 1. The topological polar surface area (TPSA) is 83.8 Å². The van der Waals surface area contributed by atoms with E-state index < -0.39 is 22.9 Å².